The number of hydrogen-bond donors (Lipinski definition) is 1. The molecule has 0 saturated heterocycles. The number of phenols is 1. The number of aromatic hydroxyl groups is 1. The van der Waals surface area contributed by atoms with Crippen LogP contribution in [0.4, 0.5) is 0 Å². The Morgan fingerprint density at radius 3 is 1.75 bits per heavy atom. The molecular formula is C13H9ClO2. The van der Waals surface area contributed by atoms with Gasteiger partial charge < -0.3 is 5.11 Å². The van der Waals surface area contributed by atoms with E-state index in [9.17, 15) is 4.79 Å². The largest absolute Gasteiger partial charge is 0.508 e. The van der Waals surface area contributed by atoms with Crippen LogP contribution >= 0.6 is 11.6 Å². The Morgan fingerprint density at radius 2 is 1.31 bits per heavy atom. The Balaban J connectivity index is 2.34. The number of carbonyl (C=O) groups is 1. The molecule has 0 radical (unpaired) electrons. The molecule has 0 atom stereocenters. The van der Waals surface area contributed by atoms with Crippen LogP contribution in [0.25, 0.3) is 11.1 Å². The van der Waals surface area contributed by atoms with E-state index in [2.05, 4.69) is 0 Å². The molecule has 3 heteroatoms. The molecule has 0 spiro atoms. The normalized spacial score (nSPS) is 10.1. The molecule has 0 aliphatic rings. The van der Waals surface area contributed by atoms with Crippen molar-refractivity contribution in [3.05, 3.63) is 54.1 Å². The van der Waals surface area contributed by atoms with Gasteiger partial charge in [0.25, 0.3) is 5.24 Å². The second-order valence-corrected chi connectivity index (χ2v) is 3.74. The van der Waals surface area contributed by atoms with E-state index in [4.69, 9.17) is 16.7 Å². The highest BCUT2D eigenvalue weighted by Gasteiger charge is 2.02. The van der Waals surface area contributed by atoms with Gasteiger partial charge in [0.1, 0.15) is 5.75 Å². The fourth-order valence-electron chi connectivity index (χ4n) is 1.45. The van der Waals surface area contributed by atoms with Crippen LogP contribution in [0.3, 0.4) is 0 Å². The summed E-state index contributed by atoms with van der Waals surface area (Å²) in [6.07, 6.45) is 0. The molecule has 0 heterocycles. The van der Waals surface area contributed by atoms with Gasteiger partial charge in [-0.05, 0) is 47.0 Å². The van der Waals surface area contributed by atoms with Gasteiger partial charge in [-0.25, -0.2) is 0 Å². The van der Waals surface area contributed by atoms with Crippen molar-refractivity contribution in [3.63, 3.8) is 0 Å². The Bertz CT molecular complexity index is 500. The Labute approximate surface area is 98.1 Å². The number of hydrogen-bond acceptors (Lipinski definition) is 2. The van der Waals surface area contributed by atoms with Crippen LogP contribution in [0.5, 0.6) is 5.75 Å². The summed E-state index contributed by atoms with van der Waals surface area (Å²) >= 11 is 5.35. The van der Waals surface area contributed by atoms with E-state index in [1.165, 1.54) is 0 Å². The molecule has 0 bridgehead atoms. The molecule has 1 N–H and O–H groups in total. The van der Waals surface area contributed by atoms with Gasteiger partial charge >= 0.3 is 0 Å². The van der Waals surface area contributed by atoms with Crippen LogP contribution in [-0.4, -0.2) is 10.3 Å². The summed E-state index contributed by atoms with van der Waals surface area (Å²) in [5, 5.41) is 8.70. The molecule has 0 fully saturated rings. The molecule has 0 aliphatic heterocycles. The third kappa shape index (κ3) is 2.23. The lowest BCUT2D eigenvalue weighted by Gasteiger charge is -2.02. The summed E-state index contributed by atoms with van der Waals surface area (Å²) in [7, 11) is 0. The Hall–Kier alpha value is -1.80. The van der Waals surface area contributed by atoms with Crippen LogP contribution in [0.2, 0.25) is 0 Å². The van der Waals surface area contributed by atoms with E-state index >= 15 is 0 Å². The van der Waals surface area contributed by atoms with Crippen molar-refractivity contribution in [1.29, 1.82) is 0 Å². The predicted molar refractivity (Wildman–Crippen MR) is 63.7 cm³/mol. The molecule has 0 unspecified atom stereocenters. The van der Waals surface area contributed by atoms with E-state index < -0.39 is 5.24 Å². The minimum atomic E-state index is -0.461. The van der Waals surface area contributed by atoms with E-state index in [0.717, 1.165) is 11.1 Å². The zero-order valence-corrected chi connectivity index (χ0v) is 9.11. The van der Waals surface area contributed by atoms with Crippen molar-refractivity contribution in [3.8, 4) is 16.9 Å². The number of rotatable bonds is 2. The number of phenolic OH excluding ortho intramolecular Hbond substituents is 1. The van der Waals surface area contributed by atoms with Crippen LogP contribution in [0, 0.1) is 0 Å². The fraction of sp³-hybridized carbons (Fsp3) is 0. The molecule has 2 rings (SSSR count). The van der Waals surface area contributed by atoms with Gasteiger partial charge in [-0.3, -0.25) is 4.79 Å². The molecule has 2 nitrogen and oxygen atoms in total. The van der Waals surface area contributed by atoms with Crippen LogP contribution in [0.1, 0.15) is 10.4 Å². The zero-order valence-electron chi connectivity index (χ0n) is 8.35. The third-order valence-corrected chi connectivity index (χ3v) is 2.53. The predicted octanol–water partition coefficient (Wildman–Crippen LogP) is 3.44. The fourth-order valence-corrected chi connectivity index (χ4v) is 1.57. The van der Waals surface area contributed by atoms with Crippen molar-refractivity contribution in [2.75, 3.05) is 0 Å². The van der Waals surface area contributed by atoms with Gasteiger partial charge in [0.15, 0.2) is 0 Å². The second kappa shape index (κ2) is 4.37. The van der Waals surface area contributed by atoms with Gasteiger partial charge in [-0.2, -0.15) is 0 Å². The first kappa shape index (κ1) is 10.7. The molecule has 2 aromatic carbocycles. The van der Waals surface area contributed by atoms with Crippen molar-refractivity contribution >= 4 is 16.8 Å². The summed E-state index contributed by atoms with van der Waals surface area (Å²) in [5.74, 6) is 0.233. The summed E-state index contributed by atoms with van der Waals surface area (Å²) in [6.45, 7) is 0. The highest BCUT2D eigenvalue weighted by Crippen LogP contribution is 2.22. The quantitative estimate of drug-likeness (QED) is 0.806. The molecule has 0 aromatic heterocycles. The van der Waals surface area contributed by atoms with Crippen molar-refractivity contribution in [2.45, 2.75) is 0 Å². The molecule has 0 amide bonds. The van der Waals surface area contributed by atoms with Gasteiger partial charge in [0.05, 0.1) is 0 Å². The third-order valence-electron chi connectivity index (χ3n) is 2.31. The highest BCUT2D eigenvalue weighted by atomic mass is 35.5. The molecule has 2 aromatic rings. The molecular weight excluding hydrogens is 224 g/mol. The molecule has 0 saturated carbocycles. The smallest absolute Gasteiger partial charge is 0.252 e. The average molecular weight is 233 g/mol. The number of halogens is 1. The number of carbonyl (C=O) groups excluding carboxylic acids is 1. The van der Waals surface area contributed by atoms with E-state index in [0.29, 0.717) is 5.56 Å². The maximum Gasteiger partial charge on any atom is 0.252 e. The van der Waals surface area contributed by atoms with Crippen molar-refractivity contribution in [1.82, 2.24) is 0 Å². The summed E-state index contributed by atoms with van der Waals surface area (Å²) in [6, 6.07) is 13.9. The molecule has 80 valence electrons. The van der Waals surface area contributed by atoms with E-state index in [-0.39, 0.29) is 5.75 Å². The second-order valence-electron chi connectivity index (χ2n) is 3.40. The SMILES string of the molecule is O=C(Cl)c1ccc(-c2ccc(O)cc2)cc1. The monoisotopic (exact) mass is 232 g/mol. The average Bonchev–Trinajstić information content (AvgIpc) is 2.30. The van der Waals surface area contributed by atoms with Crippen LogP contribution in [-0.2, 0) is 0 Å². The minimum Gasteiger partial charge on any atom is -0.508 e. The molecule has 16 heavy (non-hydrogen) atoms. The van der Waals surface area contributed by atoms with E-state index in [1.54, 1.807) is 24.3 Å². The standard InChI is InChI=1S/C13H9ClO2/c14-13(16)11-3-1-9(2-4-11)10-5-7-12(15)8-6-10/h1-8,15H. The van der Waals surface area contributed by atoms with Crippen molar-refractivity contribution < 1.29 is 9.90 Å². The summed E-state index contributed by atoms with van der Waals surface area (Å²) in [5.41, 5.74) is 2.43. The molecule has 0 aliphatic carbocycles. The topological polar surface area (TPSA) is 37.3 Å². The van der Waals surface area contributed by atoms with Gasteiger partial charge in [0.2, 0.25) is 0 Å². The lowest BCUT2D eigenvalue weighted by molar-refractivity contribution is 0.108. The Morgan fingerprint density at radius 1 is 0.875 bits per heavy atom. The van der Waals surface area contributed by atoms with Crippen molar-refractivity contribution in [2.24, 2.45) is 0 Å². The first-order valence-electron chi connectivity index (χ1n) is 4.76. The maximum atomic E-state index is 10.9. The maximum absolute atomic E-state index is 10.9. The lowest BCUT2D eigenvalue weighted by Crippen LogP contribution is -1.87. The summed E-state index contributed by atoms with van der Waals surface area (Å²) in [4.78, 5) is 10.9. The first-order valence-corrected chi connectivity index (χ1v) is 5.14. The summed E-state index contributed by atoms with van der Waals surface area (Å²) < 4.78 is 0. The van der Waals surface area contributed by atoms with Gasteiger partial charge in [-0.1, -0.05) is 24.3 Å². The van der Waals surface area contributed by atoms with Gasteiger partial charge in [-0.15, -0.1) is 0 Å². The van der Waals surface area contributed by atoms with Crippen LogP contribution in [0.15, 0.2) is 48.5 Å². The van der Waals surface area contributed by atoms with E-state index in [1.807, 2.05) is 24.3 Å². The highest BCUT2D eigenvalue weighted by molar-refractivity contribution is 6.67. The van der Waals surface area contributed by atoms with Gasteiger partial charge in [0, 0.05) is 5.56 Å². The van der Waals surface area contributed by atoms with Crippen LogP contribution < -0.4 is 0 Å². The zero-order chi connectivity index (χ0) is 11.5. The minimum absolute atomic E-state index is 0.233. The lowest BCUT2D eigenvalue weighted by atomic mass is 10.0. The Kier molecular flexibility index (Phi) is 2.93. The number of benzene rings is 2. The first-order chi connectivity index (χ1) is 7.66.